The predicted molar refractivity (Wildman–Crippen MR) is 87.1 cm³/mol. The highest BCUT2D eigenvalue weighted by Gasteiger charge is 2.34. The van der Waals surface area contributed by atoms with E-state index in [1.165, 1.54) is 25.8 Å². The van der Waals surface area contributed by atoms with Crippen molar-refractivity contribution in [2.24, 2.45) is 17.8 Å². The summed E-state index contributed by atoms with van der Waals surface area (Å²) in [6.07, 6.45) is 3.91. The summed E-state index contributed by atoms with van der Waals surface area (Å²) in [6.45, 7) is 12.6. The van der Waals surface area contributed by atoms with E-state index in [0.717, 1.165) is 30.9 Å². The molecule has 0 aromatic carbocycles. The fourth-order valence-electron chi connectivity index (χ4n) is 3.78. The molecule has 0 spiro atoms. The van der Waals surface area contributed by atoms with Crippen molar-refractivity contribution in [3.8, 4) is 0 Å². The van der Waals surface area contributed by atoms with Gasteiger partial charge in [0.15, 0.2) is 0 Å². The smallest absolute Gasteiger partial charge is 0.0589 e. The van der Waals surface area contributed by atoms with Gasteiger partial charge in [0, 0.05) is 32.3 Å². The van der Waals surface area contributed by atoms with E-state index in [1.54, 1.807) is 7.11 Å². The van der Waals surface area contributed by atoms with Crippen molar-refractivity contribution in [3.63, 3.8) is 0 Å². The van der Waals surface area contributed by atoms with Crippen molar-refractivity contribution in [3.05, 3.63) is 0 Å². The van der Waals surface area contributed by atoms with Gasteiger partial charge >= 0.3 is 0 Å². The SMILES string of the molecule is CCC(C)N(CCOC)CC1C(C)CC(C)CC1NC. The molecule has 1 rings (SSSR count). The van der Waals surface area contributed by atoms with Crippen LogP contribution >= 0.6 is 0 Å². The van der Waals surface area contributed by atoms with E-state index < -0.39 is 0 Å². The first-order valence-electron chi connectivity index (χ1n) is 8.43. The zero-order valence-electron chi connectivity index (χ0n) is 14.5. The fraction of sp³-hybridized carbons (Fsp3) is 1.00. The van der Waals surface area contributed by atoms with Crippen LogP contribution in [0.1, 0.15) is 47.0 Å². The molecule has 3 heteroatoms. The summed E-state index contributed by atoms with van der Waals surface area (Å²) >= 11 is 0. The molecule has 20 heavy (non-hydrogen) atoms. The maximum atomic E-state index is 5.30. The third kappa shape index (κ3) is 5.01. The number of hydrogen-bond donors (Lipinski definition) is 1. The van der Waals surface area contributed by atoms with Crippen LogP contribution in [0.15, 0.2) is 0 Å². The van der Waals surface area contributed by atoms with E-state index >= 15 is 0 Å². The Morgan fingerprint density at radius 2 is 2.00 bits per heavy atom. The molecule has 1 fully saturated rings. The van der Waals surface area contributed by atoms with Crippen LogP contribution in [0.3, 0.4) is 0 Å². The molecular formula is C17H36N2O. The lowest BCUT2D eigenvalue weighted by Crippen LogP contribution is -2.50. The minimum atomic E-state index is 0.647. The molecule has 0 aliphatic heterocycles. The van der Waals surface area contributed by atoms with Crippen molar-refractivity contribution < 1.29 is 4.74 Å². The van der Waals surface area contributed by atoms with Gasteiger partial charge in [-0.25, -0.2) is 0 Å². The molecule has 0 amide bonds. The molecule has 5 unspecified atom stereocenters. The predicted octanol–water partition coefficient (Wildman–Crippen LogP) is 3.00. The largest absolute Gasteiger partial charge is 0.383 e. The molecule has 1 N–H and O–H groups in total. The number of ether oxygens (including phenoxy) is 1. The van der Waals surface area contributed by atoms with Crippen molar-refractivity contribution in [2.75, 3.05) is 33.9 Å². The molecule has 0 saturated heterocycles. The van der Waals surface area contributed by atoms with Crippen molar-refractivity contribution >= 4 is 0 Å². The molecule has 0 aromatic heterocycles. The van der Waals surface area contributed by atoms with Crippen LogP contribution in [-0.2, 0) is 4.74 Å². The Bertz CT molecular complexity index is 259. The Morgan fingerprint density at radius 1 is 1.30 bits per heavy atom. The number of rotatable bonds is 8. The lowest BCUT2D eigenvalue weighted by atomic mass is 9.72. The standard InChI is InChI=1S/C17H36N2O/c1-7-15(4)19(8-9-20-6)12-16-14(3)10-13(2)11-17(16)18-5/h13-18H,7-12H2,1-6H3. The average molecular weight is 284 g/mol. The number of nitrogens with zero attached hydrogens (tertiary/aromatic N) is 1. The highest BCUT2D eigenvalue weighted by atomic mass is 16.5. The van der Waals surface area contributed by atoms with Crippen LogP contribution in [0.5, 0.6) is 0 Å². The average Bonchev–Trinajstić information content (AvgIpc) is 2.43. The van der Waals surface area contributed by atoms with E-state index in [2.05, 4.69) is 45.0 Å². The molecule has 5 atom stereocenters. The van der Waals surface area contributed by atoms with Crippen LogP contribution < -0.4 is 5.32 Å². The molecular weight excluding hydrogens is 248 g/mol. The summed E-state index contributed by atoms with van der Waals surface area (Å²) in [5, 5.41) is 3.58. The zero-order valence-corrected chi connectivity index (χ0v) is 14.5. The molecule has 0 bridgehead atoms. The minimum Gasteiger partial charge on any atom is -0.383 e. The molecule has 120 valence electrons. The first kappa shape index (κ1) is 17.9. The second kappa shape index (κ2) is 9.01. The molecule has 1 saturated carbocycles. The van der Waals surface area contributed by atoms with Gasteiger partial charge in [-0.3, -0.25) is 4.90 Å². The third-order valence-corrected chi connectivity index (χ3v) is 5.29. The third-order valence-electron chi connectivity index (χ3n) is 5.29. The summed E-state index contributed by atoms with van der Waals surface area (Å²) in [7, 11) is 3.93. The number of nitrogens with one attached hydrogen (secondary N) is 1. The second-order valence-electron chi connectivity index (χ2n) is 6.86. The van der Waals surface area contributed by atoms with Crippen LogP contribution in [0.2, 0.25) is 0 Å². The van der Waals surface area contributed by atoms with E-state index in [0.29, 0.717) is 12.1 Å². The van der Waals surface area contributed by atoms with Crippen molar-refractivity contribution in [1.82, 2.24) is 10.2 Å². The van der Waals surface area contributed by atoms with Crippen LogP contribution in [0.25, 0.3) is 0 Å². The summed E-state index contributed by atoms with van der Waals surface area (Å²) < 4.78 is 5.30. The molecule has 1 aliphatic carbocycles. The van der Waals surface area contributed by atoms with Gasteiger partial charge in [-0.05, 0) is 51.0 Å². The van der Waals surface area contributed by atoms with E-state index in [4.69, 9.17) is 4.74 Å². The van der Waals surface area contributed by atoms with Crippen molar-refractivity contribution in [2.45, 2.75) is 59.0 Å². The molecule has 0 aromatic rings. The van der Waals surface area contributed by atoms with Gasteiger partial charge in [-0.15, -0.1) is 0 Å². The Morgan fingerprint density at radius 3 is 2.55 bits per heavy atom. The van der Waals surface area contributed by atoms with Gasteiger partial charge in [0.1, 0.15) is 0 Å². The van der Waals surface area contributed by atoms with Gasteiger partial charge in [-0.1, -0.05) is 20.8 Å². The first-order chi connectivity index (χ1) is 9.53. The minimum absolute atomic E-state index is 0.647. The molecule has 0 radical (unpaired) electrons. The Hall–Kier alpha value is -0.120. The Balaban J connectivity index is 2.68. The Kier molecular flexibility index (Phi) is 8.08. The summed E-state index contributed by atoms with van der Waals surface area (Å²) in [5.74, 6) is 2.43. The second-order valence-corrected chi connectivity index (χ2v) is 6.86. The van der Waals surface area contributed by atoms with Crippen LogP contribution in [-0.4, -0.2) is 50.8 Å². The van der Waals surface area contributed by atoms with Gasteiger partial charge in [0.25, 0.3) is 0 Å². The summed E-state index contributed by atoms with van der Waals surface area (Å²) in [4.78, 5) is 2.63. The van der Waals surface area contributed by atoms with Crippen LogP contribution in [0.4, 0.5) is 0 Å². The molecule has 1 aliphatic rings. The fourth-order valence-corrected chi connectivity index (χ4v) is 3.78. The lowest BCUT2D eigenvalue weighted by Gasteiger charge is -2.43. The zero-order chi connectivity index (χ0) is 15.1. The molecule has 0 heterocycles. The maximum absolute atomic E-state index is 5.30. The van der Waals surface area contributed by atoms with Gasteiger partial charge < -0.3 is 10.1 Å². The van der Waals surface area contributed by atoms with E-state index in [1.807, 2.05) is 0 Å². The quantitative estimate of drug-likeness (QED) is 0.741. The number of methoxy groups -OCH3 is 1. The summed E-state index contributed by atoms with van der Waals surface area (Å²) in [6, 6.07) is 1.32. The highest BCUT2D eigenvalue weighted by Crippen LogP contribution is 2.34. The van der Waals surface area contributed by atoms with Crippen LogP contribution in [0, 0.1) is 17.8 Å². The lowest BCUT2D eigenvalue weighted by molar-refractivity contribution is 0.0647. The maximum Gasteiger partial charge on any atom is 0.0589 e. The van der Waals surface area contributed by atoms with Gasteiger partial charge in [0.05, 0.1) is 6.61 Å². The Labute approximate surface area is 126 Å². The summed E-state index contributed by atoms with van der Waals surface area (Å²) in [5.41, 5.74) is 0. The van der Waals surface area contributed by atoms with Gasteiger partial charge in [0.2, 0.25) is 0 Å². The number of hydrogen-bond acceptors (Lipinski definition) is 3. The van der Waals surface area contributed by atoms with Gasteiger partial charge in [-0.2, -0.15) is 0 Å². The molecule has 3 nitrogen and oxygen atoms in total. The van der Waals surface area contributed by atoms with Crippen molar-refractivity contribution in [1.29, 1.82) is 0 Å². The monoisotopic (exact) mass is 284 g/mol. The normalized spacial score (nSPS) is 32.5. The van der Waals surface area contributed by atoms with E-state index in [-0.39, 0.29) is 0 Å². The van der Waals surface area contributed by atoms with E-state index in [9.17, 15) is 0 Å². The highest BCUT2D eigenvalue weighted by molar-refractivity contribution is 4.89. The topological polar surface area (TPSA) is 24.5 Å². The first-order valence-corrected chi connectivity index (χ1v) is 8.43.